The molecule has 35 heavy (non-hydrogen) atoms. The Bertz CT molecular complexity index is 1160. The van der Waals surface area contributed by atoms with Gasteiger partial charge in [-0.05, 0) is 35.4 Å². The van der Waals surface area contributed by atoms with Crippen LogP contribution >= 0.6 is 0 Å². The van der Waals surface area contributed by atoms with E-state index in [9.17, 15) is 24.3 Å². The van der Waals surface area contributed by atoms with Crippen LogP contribution in [0.25, 0.3) is 11.1 Å². The molecular formula is C24H26N3NaO7. The molecule has 0 aromatic heterocycles. The fourth-order valence-corrected chi connectivity index (χ4v) is 3.53. The summed E-state index contributed by atoms with van der Waals surface area (Å²) in [4.78, 5) is 49.6. The van der Waals surface area contributed by atoms with Crippen molar-refractivity contribution >= 4 is 23.7 Å². The Labute approximate surface area is 226 Å². The summed E-state index contributed by atoms with van der Waals surface area (Å²) >= 11 is 0. The average molecular weight is 491 g/mol. The van der Waals surface area contributed by atoms with Gasteiger partial charge in [-0.2, -0.15) is 0 Å². The number of amides is 3. The quantitative estimate of drug-likeness (QED) is 0.326. The van der Waals surface area contributed by atoms with Crippen LogP contribution in [0.2, 0.25) is 0 Å². The van der Waals surface area contributed by atoms with Gasteiger partial charge in [-0.15, -0.1) is 0 Å². The Morgan fingerprint density at radius 1 is 1.14 bits per heavy atom. The number of likely N-dealkylation sites (N-methyl/N-ethyl adjacent to an activating group) is 1. The molecule has 2 aromatic carbocycles. The van der Waals surface area contributed by atoms with Gasteiger partial charge in [0.25, 0.3) is 5.91 Å². The molecule has 0 radical (unpaired) electrons. The minimum atomic E-state index is -1.39. The Morgan fingerprint density at radius 3 is 2.54 bits per heavy atom. The maximum atomic E-state index is 12.6. The second kappa shape index (κ2) is 12.4. The second-order valence-electron chi connectivity index (χ2n) is 7.56. The van der Waals surface area contributed by atoms with Crippen LogP contribution in [0.5, 0.6) is 11.5 Å². The Hall–Kier alpha value is -3.34. The molecule has 2 aromatic rings. The smallest absolute Gasteiger partial charge is 1.00 e. The molecule has 2 unspecified atom stereocenters. The monoisotopic (exact) mass is 491 g/mol. The third-order valence-corrected chi connectivity index (χ3v) is 5.31. The molecule has 3 N–H and O–H groups in total. The van der Waals surface area contributed by atoms with E-state index in [0.717, 1.165) is 5.56 Å². The van der Waals surface area contributed by atoms with E-state index in [-0.39, 0.29) is 31.0 Å². The number of carboxylic acid groups (broad SMARTS) is 1. The van der Waals surface area contributed by atoms with Gasteiger partial charge in [-0.25, -0.2) is 4.79 Å². The first-order valence-electron chi connectivity index (χ1n) is 10.3. The fourth-order valence-electron chi connectivity index (χ4n) is 3.53. The Kier molecular flexibility index (Phi) is 9.88. The van der Waals surface area contributed by atoms with Crippen LogP contribution in [0.4, 0.5) is 4.79 Å². The minimum Gasteiger partial charge on any atom is -1.00 e. The molecule has 2 atom stereocenters. The van der Waals surface area contributed by atoms with Gasteiger partial charge in [0, 0.05) is 24.9 Å². The second-order valence-corrected chi connectivity index (χ2v) is 7.56. The summed E-state index contributed by atoms with van der Waals surface area (Å²) in [5.74, 6) is -1.13. The predicted molar refractivity (Wildman–Crippen MR) is 123 cm³/mol. The number of carboxylic acids is 1. The number of ether oxygens (including phenoxy) is 2. The largest absolute Gasteiger partial charge is 1.00 e. The van der Waals surface area contributed by atoms with E-state index >= 15 is 0 Å². The van der Waals surface area contributed by atoms with Crippen molar-refractivity contribution in [1.82, 2.24) is 15.5 Å². The van der Waals surface area contributed by atoms with E-state index < -0.39 is 42.2 Å². The first kappa shape index (κ1) is 27.9. The zero-order valence-corrected chi connectivity index (χ0v) is 21.9. The summed E-state index contributed by atoms with van der Waals surface area (Å²) in [6.45, 7) is 0. The van der Waals surface area contributed by atoms with Crippen molar-refractivity contribution in [3.8, 4) is 22.6 Å². The van der Waals surface area contributed by atoms with Crippen molar-refractivity contribution in [2.45, 2.75) is 18.5 Å². The minimum absolute atomic E-state index is 0. The zero-order chi connectivity index (χ0) is 24.8. The third-order valence-electron chi connectivity index (χ3n) is 5.31. The van der Waals surface area contributed by atoms with Gasteiger partial charge in [0.2, 0.25) is 0 Å². The molecule has 0 fully saturated rings. The molecule has 1 heterocycles. The molecule has 0 bridgehead atoms. The number of carbonyl (C=O) groups excluding carboxylic acids is 3. The van der Waals surface area contributed by atoms with Crippen molar-refractivity contribution in [2.75, 3.05) is 21.3 Å². The van der Waals surface area contributed by atoms with Gasteiger partial charge in [0.1, 0.15) is 11.5 Å². The number of nitrogens with one attached hydrogen (secondary N) is 2. The summed E-state index contributed by atoms with van der Waals surface area (Å²) < 4.78 is 10.7. The molecular weight excluding hydrogens is 465 g/mol. The number of ketones is 1. The molecule has 1 aliphatic heterocycles. The van der Waals surface area contributed by atoms with Crippen LogP contribution in [0.3, 0.4) is 0 Å². The molecule has 0 saturated heterocycles. The molecule has 11 heteroatoms. The number of benzene rings is 2. The Balaban J connectivity index is 0.00000324. The van der Waals surface area contributed by atoms with E-state index in [2.05, 4.69) is 10.6 Å². The van der Waals surface area contributed by atoms with Gasteiger partial charge in [-0.3, -0.25) is 14.4 Å². The first-order valence-corrected chi connectivity index (χ1v) is 10.3. The molecule has 3 rings (SSSR count). The number of methoxy groups -OCH3 is 2. The maximum absolute atomic E-state index is 12.6. The summed E-state index contributed by atoms with van der Waals surface area (Å²) in [5.41, 5.74) is 1.93. The number of aliphatic carboxylic acids is 1. The van der Waals surface area contributed by atoms with Crippen molar-refractivity contribution in [3.05, 3.63) is 60.3 Å². The van der Waals surface area contributed by atoms with Crippen LogP contribution in [0.1, 0.15) is 19.5 Å². The van der Waals surface area contributed by atoms with Crippen LogP contribution in [0, 0.1) is 0 Å². The van der Waals surface area contributed by atoms with Gasteiger partial charge in [0.15, 0.2) is 11.8 Å². The zero-order valence-electron chi connectivity index (χ0n) is 20.9. The van der Waals surface area contributed by atoms with E-state index in [1.54, 1.807) is 37.4 Å². The number of hydrogen-bond acceptors (Lipinski definition) is 6. The van der Waals surface area contributed by atoms with Crippen molar-refractivity contribution < 1.29 is 64.7 Å². The van der Waals surface area contributed by atoms with Gasteiger partial charge < -0.3 is 31.5 Å². The first-order chi connectivity index (χ1) is 16.2. The van der Waals surface area contributed by atoms with Crippen molar-refractivity contribution in [2.24, 2.45) is 0 Å². The molecule has 180 valence electrons. The number of nitrogens with zero attached hydrogens (tertiary/aromatic N) is 1. The molecule has 3 amide bonds. The van der Waals surface area contributed by atoms with E-state index in [0.29, 0.717) is 22.6 Å². The van der Waals surface area contributed by atoms with E-state index in [4.69, 9.17) is 9.47 Å². The normalized spacial score (nSPS) is 15.6. The standard InChI is InChI=1S/C24H25N3O7.Na.H/c1-27-10-9-19(28)22(23(27)31)26-24(32)25-18(13-21(29)30)15-7-8-20(34-3)17(12-15)14-5-4-6-16(11-14)33-2;;/h4-12,18,22H,13H2,1-3H3,(H,29,30)(H2,25,26,32);;/q;+1;-1. The molecule has 1 aliphatic rings. The number of carbonyl (C=O) groups is 4. The fraction of sp³-hybridized carbons (Fsp3) is 0.250. The van der Waals surface area contributed by atoms with Crippen LogP contribution in [-0.4, -0.2) is 61.0 Å². The number of urea groups is 1. The summed E-state index contributed by atoms with van der Waals surface area (Å²) in [7, 11) is 4.53. The van der Waals surface area contributed by atoms with E-state index in [1.807, 2.05) is 12.1 Å². The van der Waals surface area contributed by atoms with Crippen LogP contribution in [0.15, 0.2) is 54.7 Å². The Morgan fingerprint density at radius 2 is 1.89 bits per heavy atom. The maximum Gasteiger partial charge on any atom is 1.00 e. The molecule has 0 spiro atoms. The van der Waals surface area contributed by atoms with Crippen molar-refractivity contribution in [3.63, 3.8) is 0 Å². The SMILES string of the molecule is COc1cccc(-c2cc(C(CC(=O)O)NC(=O)NC3C(=O)C=CN(C)C3=O)ccc2OC)c1.[H-].[Na+]. The van der Waals surface area contributed by atoms with Crippen LogP contribution < -0.4 is 49.7 Å². The molecule has 10 nitrogen and oxygen atoms in total. The van der Waals surface area contributed by atoms with Crippen LogP contribution in [-0.2, 0) is 14.4 Å². The summed E-state index contributed by atoms with van der Waals surface area (Å²) in [5, 5.41) is 14.3. The number of rotatable bonds is 8. The van der Waals surface area contributed by atoms with Gasteiger partial charge in [0.05, 0.1) is 26.7 Å². The summed E-state index contributed by atoms with van der Waals surface area (Å²) in [6.07, 6.45) is 2.07. The van der Waals surface area contributed by atoms with Gasteiger partial charge >= 0.3 is 41.6 Å². The van der Waals surface area contributed by atoms with Crippen molar-refractivity contribution in [1.29, 1.82) is 0 Å². The number of hydrogen-bond donors (Lipinski definition) is 3. The molecule has 0 aliphatic carbocycles. The predicted octanol–water partition coefficient (Wildman–Crippen LogP) is -0.774. The average Bonchev–Trinajstić information content (AvgIpc) is 2.83. The topological polar surface area (TPSA) is 134 Å². The van der Waals surface area contributed by atoms with E-state index in [1.165, 1.54) is 31.3 Å². The molecule has 0 saturated carbocycles. The van der Waals surface area contributed by atoms with Gasteiger partial charge in [-0.1, -0.05) is 18.2 Å². The summed E-state index contributed by atoms with van der Waals surface area (Å²) in [6, 6.07) is 9.10. The third kappa shape index (κ3) is 6.84.